The zero-order chi connectivity index (χ0) is 15.9. The average molecular weight is 300 g/mol. The van der Waals surface area contributed by atoms with E-state index in [9.17, 15) is 9.59 Å². The molecule has 0 saturated heterocycles. The molecule has 0 saturated carbocycles. The van der Waals surface area contributed by atoms with Crippen molar-refractivity contribution in [3.05, 3.63) is 59.9 Å². The van der Waals surface area contributed by atoms with E-state index in [2.05, 4.69) is 10.1 Å². The summed E-state index contributed by atoms with van der Waals surface area (Å²) in [7, 11) is 1.34. The van der Waals surface area contributed by atoms with Crippen molar-refractivity contribution < 1.29 is 14.3 Å². The van der Waals surface area contributed by atoms with Gasteiger partial charge in [0.15, 0.2) is 0 Å². The van der Waals surface area contributed by atoms with Gasteiger partial charge in [0.2, 0.25) is 0 Å². The maximum Gasteiger partial charge on any atom is 0.307 e. The highest BCUT2D eigenvalue weighted by Crippen LogP contribution is 2.08. The van der Waals surface area contributed by atoms with Crippen molar-refractivity contribution in [1.82, 2.24) is 9.88 Å². The number of nitrogens with one attached hydrogen (secondary N) is 1. The number of nitrogens with zero attached hydrogens (tertiary/aromatic N) is 1. The van der Waals surface area contributed by atoms with E-state index in [1.54, 1.807) is 13.0 Å². The molecule has 0 aliphatic rings. The van der Waals surface area contributed by atoms with Crippen LogP contribution in [0, 0.1) is 0 Å². The fourth-order valence-electron chi connectivity index (χ4n) is 2.22. The second-order valence-electron chi connectivity index (χ2n) is 5.16. The lowest BCUT2D eigenvalue weighted by molar-refractivity contribution is -0.141. The number of esters is 1. The Morgan fingerprint density at radius 2 is 1.91 bits per heavy atom. The molecule has 116 valence electrons. The highest BCUT2D eigenvalue weighted by Gasteiger charge is 2.16. The number of hydrogen-bond acceptors (Lipinski definition) is 3. The van der Waals surface area contributed by atoms with Crippen LogP contribution in [0.25, 0.3) is 0 Å². The van der Waals surface area contributed by atoms with Crippen LogP contribution in [0.2, 0.25) is 0 Å². The van der Waals surface area contributed by atoms with E-state index in [0.717, 1.165) is 5.56 Å². The van der Waals surface area contributed by atoms with Crippen LogP contribution < -0.4 is 5.32 Å². The van der Waals surface area contributed by atoms with Crippen LogP contribution in [0.1, 0.15) is 29.4 Å². The Bertz CT molecular complexity index is 634. The lowest BCUT2D eigenvalue weighted by atomic mass is 10.2. The summed E-state index contributed by atoms with van der Waals surface area (Å²) < 4.78 is 6.48. The second kappa shape index (κ2) is 7.45. The first-order valence-electron chi connectivity index (χ1n) is 7.17. The number of benzene rings is 1. The molecule has 5 heteroatoms. The summed E-state index contributed by atoms with van der Waals surface area (Å²) in [6.07, 6.45) is 2.02. The topological polar surface area (TPSA) is 60.3 Å². The molecule has 0 bridgehead atoms. The molecule has 2 aromatic rings. The van der Waals surface area contributed by atoms with Gasteiger partial charge in [0.1, 0.15) is 5.69 Å². The van der Waals surface area contributed by atoms with Crippen molar-refractivity contribution in [2.24, 2.45) is 0 Å². The molecule has 0 unspecified atom stereocenters. The van der Waals surface area contributed by atoms with Crippen molar-refractivity contribution in [2.75, 3.05) is 7.11 Å². The molecule has 2 rings (SSSR count). The van der Waals surface area contributed by atoms with Crippen LogP contribution in [0.3, 0.4) is 0 Å². The first-order valence-corrected chi connectivity index (χ1v) is 7.17. The van der Waals surface area contributed by atoms with E-state index in [4.69, 9.17) is 0 Å². The number of amides is 1. The van der Waals surface area contributed by atoms with E-state index in [1.807, 2.05) is 47.2 Å². The van der Waals surface area contributed by atoms with Crippen molar-refractivity contribution in [1.29, 1.82) is 0 Å². The molecule has 22 heavy (non-hydrogen) atoms. The quantitative estimate of drug-likeness (QED) is 0.832. The molecular formula is C17H20N2O3. The van der Waals surface area contributed by atoms with Crippen LogP contribution in [-0.4, -0.2) is 29.6 Å². The molecule has 1 aromatic heterocycles. The average Bonchev–Trinajstić information content (AvgIpc) is 2.96. The molecule has 1 heterocycles. The van der Waals surface area contributed by atoms with Gasteiger partial charge in [-0.05, 0) is 24.6 Å². The van der Waals surface area contributed by atoms with Crippen LogP contribution >= 0.6 is 0 Å². The number of carbonyl (C=O) groups excluding carboxylic acids is 2. The predicted octanol–water partition coefficient (Wildman–Crippen LogP) is 2.22. The summed E-state index contributed by atoms with van der Waals surface area (Å²) >= 11 is 0. The summed E-state index contributed by atoms with van der Waals surface area (Å²) in [6, 6.07) is 13.3. The largest absolute Gasteiger partial charge is 0.469 e. The summed E-state index contributed by atoms with van der Waals surface area (Å²) in [4.78, 5) is 23.5. The number of rotatable bonds is 6. The van der Waals surface area contributed by atoms with Crippen LogP contribution in [-0.2, 0) is 16.1 Å². The second-order valence-corrected chi connectivity index (χ2v) is 5.16. The van der Waals surface area contributed by atoms with Crippen molar-refractivity contribution in [3.63, 3.8) is 0 Å². The summed E-state index contributed by atoms with van der Waals surface area (Å²) in [5, 5.41) is 2.81. The monoisotopic (exact) mass is 300 g/mol. The third-order valence-electron chi connectivity index (χ3n) is 3.34. The molecule has 1 amide bonds. The van der Waals surface area contributed by atoms with E-state index in [0.29, 0.717) is 12.2 Å². The van der Waals surface area contributed by atoms with Gasteiger partial charge in [0.05, 0.1) is 13.5 Å². The summed E-state index contributed by atoms with van der Waals surface area (Å²) in [5.74, 6) is -0.537. The lowest BCUT2D eigenvalue weighted by Gasteiger charge is -2.14. The van der Waals surface area contributed by atoms with E-state index < -0.39 is 0 Å². The van der Waals surface area contributed by atoms with Gasteiger partial charge < -0.3 is 14.6 Å². The normalized spacial score (nSPS) is 11.7. The lowest BCUT2D eigenvalue weighted by Crippen LogP contribution is -2.35. The Balaban J connectivity index is 2.02. The maximum absolute atomic E-state index is 12.3. The molecule has 0 spiro atoms. The third-order valence-corrected chi connectivity index (χ3v) is 3.34. The zero-order valence-corrected chi connectivity index (χ0v) is 12.8. The zero-order valence-electron chi connectivity index (χ0n) is 12.8. The third kappa shape index (κ3) is 4.22. The van der Waals surface area contributed by atoms with Gasteiger partial charge in [-0.1, -0.05) is 30.3 Å². The van der Waals surface area contributed by atoms with Gasteiger partial charge in [-0.15, -0.1) is 0 Å². The van der Waals surface area contributed by atoms with Gasteiger partial charge in [-0.2, -0.15) is 0 Å². The molecule has 5 nitrogen and oxygen atoms in total. The Labute approximate surface area is 129 Å². The molecular weight excluding hydrogens is 280 g/mol. The molecule has 1 N–H and O–H groups in total. The maximum atomic E-state index is 12.3. The van der Waals surface area contributed by atoms with Crippen LogP contribution in [0.15, 0.2) is 48.7 Å². The van der Waals surface area contributed by atoms with Crippen molar-refractivity contribution in [2.45, 2.75) is 25.9 Å². The number of hydrogen-bond donors (Lipinski definition) is 1. The molecule has 0 fully saturated rings. The fraction of sp³-hybridized carbons (Fsp3) is 0.294. The Morgan fingerprint density at radius 3 is 2.59 bits per heavy atom. The van der Waals surface area contributed by atoms with Gasteiger partial charge in [-0.25, -0.2) is 0 Å². The van der Waals surface area contributed by atoms with E-state index in [1.165, 1.54) is 7.11 Å². The number of aromatic nitrogens is 1. The highest BCUT2D eigenvalue weighted by atomic mass is 16.5. The van der Waals surface area contributed by atoms with Crippen LogP contribution in [0.4, 0.5) is 0 Å². The Morgan fingerprint density at radius 1 is 1.18 bits per heavy atom. The molecule has 0 aliphatic heterocycles. The first-order chi connectivity index (χ1) is 10.6. The number of carbonyl (C=O) groups is 2. The molecule has 0 radical (unpaired) electrons. The number of ether oxygens (including phenoxy) is 1. The molecule has 1 atom stereocenters. The molecule has 1 aromatic carbocycles. The minimum Gasteiger partial charge on any atom is -0.469 e. The SMILES string of the molecule is COC(=O)C[C@@H](C)NC(=O)c1cccn1Cc1ccccc1. The smallest absolute Gasteiger partial charge is 0.307 e. The van der Waals surface area contributed by atoms with Crippen molar-refractivity contribution in [3.8, 4) is 0 Å². The van der Waals surface area contributed by atoms with Crippen molar-refractivity contribution >= 4 is 11.9 Å². The number of methoxy groups -OCH3 is 1. The fourth-order valence-corrected chi connectivity index (χ4v) is 2.22. The Kier molecular flexibility index (Phi) is 5.36. The van der Waals surface area contributed by atoms with E-state index in [-0.39, 0.29) is 24.3 Å². The van der Waals surface area contributed by atoms with Crippen LogP contribution in [0.5, 0.6) is 0 Å². The van der Waals surface area contributed by atoms with E-state index >= 15 is 0 Å². The predicted molar refractivity (Wildman–Crippen MR) is 83.5 cm³/mol. The first kappa shape index (κ1) is 15.8. The molecule has 0 aliphatic carbocycles. The van der Waals surface area contributed by atoms with Gasteiger partial charge in [0.25, 0.3) is 5.91 Å². The standard InChI is InChI=1S/C17H20N2O3/c1-13(11-16(20)22-2)18-17(21)15-9-6-10-19(15)12-14-7-4-3-5-8-14/h3-10,13H,11-12H2,1-2H3,(H,18,21)/t13-/m1/s1. The minimum atomic E-state index is -0.340. The summed E-state index contributed by atoms with van der Waals surface area (Å²) in [6.45, 7) is 2.40. The minimum absolute atomic E-state index is 0.154. The summed E-state index contributed by atoms with van der Waals surface area (Å²) in [5.41, 5.74) is 1.69. The van der Waals surface area contributed by atoms with Gasteiger partial charge in [0, 0.05) is 18.8 Å². The van der Waals surface area contributed by atoms with Gasteiger partial charge in [-0.3, -0.25) is 9.59 Å². The van der Waals surface area contributed by atoms with Gasteiger partial charge >= 0.3 is 5.97 Å². The Hall–Kier alpha value is -2.56. The highest BCUT2D eigenvalue weighted by molar-refractivity contribution is 5.93.